The summed E-state index contributed by atoms with van der Waals surface area (Å²) in [7, 11) is 0. The lowest BCUT2D eigenvalue weighted by Gasteiger charge is -2.21. The lowest BCUT2D eigenvalue weighted by molar-refractivity contribution is -0.151. The molecule has 0 spiro atoms. The van der Waals surface area contributed by atoms with Crippen molar-refractivity contribution in [3.05, 3.63) is 0 Å². The molecule has 0 aliphatic carbocycles. The Balaban J connectivity index is 3.87. The number of carbonyl (C=O) groups is 1. The lowest BCUT2D eigenvalue weighted by Crippen LogP contribution is -2.23. The van der Waals surface area contributed by atoms with E-state index in [0.717, 1.165) is 32.1 Å². The summed E-state index contributed by atoms with van der Waals surface area (Å²) in [5, 5.41) is 0. The summed E-state index contributed by atoms with van der Waals surface area (Å²) in [4.78, 5) is 11.5. The number of hydrogen-bond donors (Lipinski definition) is 0. The van der Waals surface area contributed by atoms with E-state index in [9.17, 15) is 4.79 Å². The highest BCUT2D eigenvalue weighted by atomic mass is 16.5. The van der Waals surface area contributed by atoms with Crippen molar-refractivity contribution in [1.82, 2.24) is 0 Å². The molecular formula is C13H26O2. The van der Waals surface area contributed by atoms with Gasteiger partial charge >= 0.3 is 5.97 Å². The number of carbonyl (C=O) groups excluding carboxylic acids is 1. The Kier molecular flexibility index (Phi) is 8.44. The highest BCUT2D eigenvalue weighted by Crippen LogP contribution is 2.15. The van der Waals surface area contributed by atoms with Crippen molar-refractivity contribution in [3.63, 3.8) is 0 Å². The van der Waals surface area contributed by atoms with Gasteiger partial charge in [0.2, 0.25) is 0 Å². The zero-order valence-electron chi connectivity index (χ0n) is 10.7. The van der Waals surface area contributed by atoms with Crippen molar-refractivity contribution in [3.8, 4) is 0 Å². The van der Waals surface area contributed by atoms with Crippen LogP contribution in [0.1, 0.15) is 66.2 Å². The summed E-state index contributed by atoms with van der Waals surface area (Å²) < 4.78 is 5.48. The molecule has 1 atom stereocenters. The Labute approximate surface area is 94.4 Å². The van der Waals surface area contributed by atoms with Crippen LogP contribution in [0.3, 0.4) is 0 Å². The van der Waals surface area contributed by atoms with Gasteiger partial charge in [0.25, 0.3) is 0 Å². The van der Waals surface area contributed by atoms with Gasteiger partial charge in [0.15, 0.2) is 0 Å². The number of hydrogen-bond acceptors (Lipinski definition) is 2. The first kappa shape index (κ1) is 14.5. The van der Waals surface area contributed by atoms with Gasteiger partial charge in [-0.2, -0.15) is 0 Å². The third-order valence-electron chi connectivity index (χ3n) is 2.60. The van der Waals surface area contributed by atoms with Gasteiger partial charge < -0.3 is 4.74 Å². The first-order valence-corrected chi connectivity index (χ1v) is 6.31. The molecule has 2 heteroatoms. The van der Waals surface area contributed by atoms with Crippen molar-refractivity contribution < 1.29 is 9.53 Å². The highest BCUT2D eigenvalue weighted by Gasteiger charge is 2.17. The van der Waals surface area contributed by atoms with Crippen LogP contribution in [-0.4, -0.2) is 12.1 Å². The van der Waals surface area contributed by atoms with Crippen LogP contribution in [0.15, 0.2) is 0 Å². The van der Waals surface area contributed by atoms with E-state index in [1.54, 1.807) is 0 Å². The average Bonchev–Trinajstić information content (AvgIpc) is 2.20. The molecular weight excluding hydrogens is 188 g/mol. The lowest BCUT2D eigenvalue weighted by atomic mass is 10.0. The Morgan fingerprint density at radius 3 is 2.20 bits per heavy atom. The SMILES string of the molecule is CCCCC(=O)OC(CCCC)C(C)C. The van der Waals surface area contributed by atoms with Gasteiger partial charge in [-0.3, -0.25) is 4.79 Å². The number of rotatable bonds is 8. The standard InChI is InChI=1S/C13H26O2/c1-5-7-9-12(11(3)4)15-13(14)10-8-6-2/h11-12H,5-10H2,1-4H3. The molecule has 0 N–H and O–H groups in total. The van der Waals surface area contributed by atoms with Gasteiger partial charge in [-0.25, -0.2) is 0 Å². The number of ether oxygens (including phenoxy) is 1. The molecule has 0 bridgehead atoms. The summed E-state index contributed by atoms with van der Waals surface area (Å²) in [6.07, 6.45) is 6.00. The van der Waals surface area contributed by atoms with Crippen molar-refractivity contribution in [2.24, 2.45) is 5.92 Å². The third-order valence-corrected chi connectivity index (χ3v) is 2.60. The fourth-order valence-electron chi connectivity index (χ4n) is 1.48. The zero-order chi connectivity index (χ0) is 11.7. The molecule has 0 aromatic heterocycles. The van der Waals surface area contributed by atoms with E-state index < -0.39 is 0 Å². The number of esters is 1. The minimum Gasteiger partial charge on any atom is -0.462 e. The van der Waals surface area contributed by atoms with Crippen molar-refractivity contribution in [1.29, 1.82) is 0 Å². The molecule has 1 unspecified atom stereocenters. The maximum atomic E-state index is 11.5. The molecule has 0 amide bonds. The minimum absolute atomic E-state index is 0.0216. The smallest absolute Gasteiger partial charge is 0.306 e. The van der Waals surface area contributed by atoms with Gasteiger partial charge in [0, 0.05) is 6.42 Å². The van der Waals surface area contributed by atoms with Crippen molar-refractivity contribution in [2.75, 3.05) is 0 Å². The quantitative estimate of drug-likeness (QED) is 0.572. The largest absolute Gasteiger partial charge is 0.462 e. The van der Waals surface area contributed by atoms with E-state index in [0.29, 0.717) is 12.3 Å². The summed E-state index contributed by atoms with van der Waals surface area (Å²) in [6, 6.07) is 0. The van der Waals surface area contributed by atoms with Crippen LogP contribution in [0.4, 0.5) is 0 Å². The Morgan fingerprint density at radius 1 is 1.13 bits per heavy atom. The predicted octanol–water partition coefficient (Wildman–Crippen LogP) is 3.93. The maximum Gasteiger partial charge on any atom is 0.306 e. The molecule has 0 fully saturated rings. The summed E-state index contributed by atoms with van der Waals surface area (Å²) in [5.74, 6) is 0.411. The third kappa shape index (κ3) is 7.40. The fraction of sp³-hybridized carbons (Fsp3) is 0.923. The van der Waals surface area contributed by atoms with E-state index in [-0.39, 0.29) is 12.1 Å². The first-order valence-electron chi connectivity index (χ1n) is 6.31. The van der Waals surface area contributed by atoms with E-state index >= 15 is 0 Å². The minimum atomic E-state index is -0.0216. The molecule has 15 heavy (non-hydrogen) atoms. The van der Waals surface area contributed by atoms with E-state index in [4.69, 9.17) is 4.74 Å². The highest BCUT2D eigenvalue weighted by molar-refractivity contribution is 5.69. The molecule has 0 radical (unpaired) electrons. The van der Waals surface area contributed by atoms with Crippen LogP contribution in [0.2, 0.25) is 0 Å². The van der Waals surface area contributed by atoms with Crippen LogP contribution in [0.5, 0.6) is 0 Å². The summed E-state index contributed by atoms with van der Waals surface area (Å²) in [6.45, 7) is 8.49. The Bertz CT molecular complexity index is 164. The molecule has 2 nitrogen and oxygen atoms in total. The Hall–Kier alpha value is -0.530. The second-order valence-electron chi connectivity index (χ2n) is 4.52. The van der Waals surface area contributed by atoms with Gasteiger partial charge in [0.1, 0.15) is 6.10 Å². The van der Waals surface area contributed by atoms with E-state index in [1.165, 1.54) is 0 Å². The summed E-state index contributed by atoms with van der Waals surface area (Å²) in [5.41, 5.74) is 0. The zero-order valence-corrected chi connectivity index (χ0v) is 10.7. The molecule has 0 heterocycles. The molecule has 0 saturated carbocycles. The average molecular weight is 214 g/mol. The second kappa shape index (κ2) is 8.75. The molecule has 0 saturated heterocycles. The van der Waals surface area contributed by atoms with Crippen molar-refractivity contribution in [2.45, 2.75) is 72.3 Å². The topological polar surface area (TPSA) is 26.3 Å². The van der Waals surface area contributed by atoms with Gasteiger partial charge in [-0.05, 0) is 18.8 Å². The van der Waals surface area contributed by atoms with Gasteiger partial charge in [0.05, 0.1) is 0 Å². The van der Waals surface area contributed by atoms with Crippen molar-refractivity contribution >= 4 is 5.97 Å². The Morgan fingerprint density at radius 2 is 1.73 bits per heavy atom. The predicted molar refractivity (Wildman–Crippen MR) is 63.8 cm³/mol. The molecule has 0 rings (SSSR count). The van der Waals surface area contributed by atoms with E-state index in [2.05, 4.69) is 27.7 Å². The normalized spacial score (nSPS) is 12.9. The molecule has 90 valence electrons. The van der Waals surface area contributed by atoms with Gasteiger partial charge in [-0.15, -0.1) is 0 Å². The molecule has 0 aliphatic heterocycles. The maximum absolute atomic E-state index is 11.5. The van der Waals surface area contributed by atoms with Gasteiger partial charge in [-0.1, -0.05) is 47.0 Å². The van der Waals surface area contributed by atoms with Crippen LogP contribution in [-0.2, 0) is 9.53 Å². The molecule has 0 aliphatic rings. The monoisotopic (exact) mass is 214 g/mol. The fourth-order valence-corrected chi connectivity index (χ4v) is 1.48. The van der Waals surface area contributed by atoms with Crippen LogP contribution in [0.25, 0.3) is 0 Å². The first-order chi connectivity index (χ1) is 7.11. The van der Waals surface area contributed by atoms with Crippen LogP contribution < -0.4 is 0 Å². The second-order valence-corrected chi connectivity index (χ2v) is 4.52. The molecule has 0 aromatic carbocycles. The van der Waals surface area contributed by atoms with Crippen LogP contribution in [0, 0.1) is 5.92 Å². The summed E-state index contributed by atoms with van der Waals surface area (Å²) >= 11 is 0. The number of unbranched alkanes of at least 4 members (excludes halogenated alkanes) is 2. The van der Waals surface area contributed by atoms with Crippen LogP contribution >= 0.6 is 0 Å². The molecule has 0 aromatic rings. The van der Waals surface area contributed by atoms with E-state index in [1.807, 2.05) is 0 Å².